The molecule has 0 saturated heterocycles. The molecule has 4 rings (SSSR count). The van der Waals surface area contributed by atoms with Gasteiger partial charge in [-0.3, -0.25) is 4.79 Å². The van der Waals surface area contributed by atoms with Gasteiger partial charge in [0.25, 0.3) is 0 Å². The zero-order valence-corrected chi connectivity index (χ0v) is 14.6. The molecule has 5 unspecified atom stereocenters. The highest BCUT2D eigenvalue weighted by Gasteiger charge is 2.61. The first-order chi connectivity index (χ1) is 10.8. The average molecular weight is 314 g/mol. The summed E-state index contributed by atoms with van der Waals surface area (Å²) in [5, 5.41) is 10.6. The van der Waals surface area contributed by atoms with Crippen LogP contribution in [0.5, 0.6) is 0 Å². The van der Waals surface area contributed by atoms with Crippen LogP contribution >= 0.6 is 0 Å². The fourth-order valence-electron chi connectivity index (χ4n) is 7.15. The van der Waals surface area contributed by atoms with Crippen LogP contribution in [-0.4, -0.2) is 16.5 Å². The van der Waals surface area contributed by atoms with Gasteiger partial charge in [-0.2, -0.15) is 0 Å². The van der Waals surface area contributed by atoms with Crippen LogP contribution in [0.25, 0.3) is 0 Å². The first kappa shape index (κ1) is 15.7. The third-order valence-corrected chi connectivity index (χ3v) is 8.70. The van der Waals surface area contributed by atoms with Crippen molar-refractivity contribution in [1.29, 1.82) is 0 Å². The molecule has 2 heteroatoms. The Labute approximate surface area is 140 Å². The van der Waals surface area contributed by atoms with E-state index in [0.717, 1.165) is 50.4 Å². The molecule has 4 saturated carbocycles. The van der Waals surface area contributed by atoms with Gasteiger partial charge in [-0.25, -0.2) is 0 Å². The van der Waals surface area contributed by atoms with Crippen LogP contribution in [0.3, 0.4) is 0 Å². The van der Waals surface area contributed by atoms with E-state index in [4.69, 9.17) is 6.42 Å². The summed E-state index contributed by atoms with van der Waals surface area (Å²) in [6.07, 6.45) is 14.8. The van der Waals surface area contributed by atoms with E-state index in [1.54, 1.807) is 0 Å². The zero-order valence-electron chi connectivity index (χ0n) is 14.6. The minimum absolute atomic E-state index is 0.0292. The maximum Gasteiger partial charge on any atom is 0.139 e. The van der Waals surface area contributed by atoms with Crippen molar-refractivity contribution in [1.82, 2.24) is 0 Å². The number of hydrogen-bond donors (Lipinski definition) is 1. The Morgan fingerprint density at radius 3 is 2.61 bits per heavy atom. The lowest BCUT2D eigenvalue weighted by Gasteiger charge is -2.60. The van der Waals surface area contributed by atoms with E-state index in [9.17, 15) is 9.90 Å². The first-order valence-electron chi connectivity index (χ1n) is 9.56. The zero-order chi connectivity index (χ0) is 16.5. The molecule has 0 amide bonds. The molecular formula is C21H30O2. The van der Waals surface area contributed by atoms with Gasteiger partial charge in [0.1, 0.15) is 11.4 Å². The van der Waals surface area contributed by atoms with Crippen molar-refractivity contribution < 1.29 is 9.90 Å². The van der Waals surface area contributed by atoms with Crippen LogP contribution in [0, 0.1) is 46.8 Å². The number of ketones is 1. The van der Waals surface area contributed by atoms with Crippen molar-refractivity contribution in [2.24, 2.45) is 34.5 Å². The quantitative estimate of drug-likeness (QED) is 0.687. The summed E-state index contributed by atoms with van der Waals surface area (Å²) in [7, 11) is 0. The number of aliphatic hydroxyl groups is 1. The van der Waals surface area contributed by atoms with E-state index in [1.807, 2.05) is 0 Å². The molecule has 7 atom stereocenters. The standard InChI is InChI=1S/C21H30O2/c1-4-21(23)12-11-19(2)14(13-21)5-6-15-16-7-8-18(22)20(16,3)10-9-17(15)19/h1,14-17,23H,5-13H2,2-3H3/t14-,15?,16?,17?,19?,20?,21-/m0/s1. The Kier molecular flexibility index (Phi) is 3.31. The lowest BCUT2D eigenvalue weighted by molar-refractivity contribution is -0.146. The van der Waals surface area contributed by atoms with Crippen molar-refractivity contribution >= 4 is 5.78 Å². The Balaban J connectivity index is 1.62. The van der Waals surface area contributed by atoms with Gasteiger partial charge >= 0.3 is 0 Å². The molecule has 23 heavy (non-hydrogen) atoms. The second-order valence-electron chi connectivity index (χ2n) is 9.45. The molecule has 0 aromatic carbocycles. The average Bonchev–Trinajstić information content (AvgIpc) is 2.84. The van der Waals surface area contributed by atoms with E-state index in [1.165, 1.54) is 19.3 Å². The van der Waals surface area contributed by atoms with Crippen LogP contribution in [0.1, 0.15) is 71.6 Å². The van der Waals surface area contributed by atoms with Crippen LogP contribution in [0.4, 0.5) is 0 Å². The van der Waals surface area contributed by atoms with Crippen molar-refractivity contribution in [2.75, 3.05) is 0 Å². The Bertz CT molecular complexity index is 575. The fourth-order valence-corrected chi connectivity index (χ4v) is 7.15. The summed E-state index contributed by atoms with van der Waals surface area (Å²) in [5.41, 5.74) is -0.582. The summed E-state index contributed by atoms with van der Waals surface area (Å²) < 4.78 is 0. The largest absolute Gasteiger partial charge is 0.378 e. The maximum absolute atomic E-state index is 12.4. The number of terminal acetylenes is 1. The highest BCUT2D eigenvalue weighted by atomic mass is 16.3. The summed E-state index contributed by atoms with van der Waals surface area (Å²) in [5.74, 6) is 5.81. The summed E-state index contributed by atoms with van der Waals surface area (Å²) in [6.45, 7) is 4.71. The molecule has 0 aliphatic heterocycles. The molecule has 0 aromatic rings. The topological polar surface area (TPSA) is 37.3 Å². The van der Waals surface area contributed by atoms with Crippen LogP contribution in [-0.2, 0) is 4.79 Å². The van der Waals surface area contributed by atoms with Crippen LogP contribution in [0.2, 0.25) is 0 Å². The molecule has 0 radical (unpaired) electrons. The van der Waals surface area contributed by atoms with Crippen molar-refractivity contribution in [3.05, 3.63) is 0 Å². The van der Waals surface area contributed by atoms with Gasteiger partial charge in [-0.1, -0.05) is 19.8 Å². The third kappa shape index (κ3) is 2.02. The van der Waals surface area contributed by atoms with Gasteiger partial charge < -0.3 is 5.11 Å². The molecule has 0 spiro atoms. The molecule has 4 aliphatic rings. The van der Waals surface area contributed by atoms with Gasteiger partial charge in [-0.15, -0.1) is 6.42 Å². The van der Waals surface area contributed by atoms with Gasteiger partial charge in [0, 0.05) is 11.8 Å². The molecule has 1 N–H and O–H groups in total. The van der Waals surface area contributed by atoms with E-state index >= 15 is 0 Å². The lowest BCUT2D eigenvalue weighted by atomic mass is 9.44. The van der Waals surface area contributed by atoms with Gasteiger partial charge in [0.15, 0.2) is 0 Å². The van der Waals surface area contributed by atoms with Gasteiger partial charge in [0.2, 0.25) is 0 Å². The van der Waals surface area contributed by atoms with Crippen molar-refractivity contribution in [3.63, 3.8) is 0 Å². The SMILES string of the molecule is C#C[C@]1(O)CCC2(C)C3CCC4(C)C(=O)CCC4C3CC[C@H]2C1. The first-order valence-corrected chi connectivity index (χ1v) is 9.56. The molecule has 0 heterocycles. The predicted octanol–water partition coefficient (Wildman–Crippen LogP) is 3.96. The highest BCUT2D eigenvalue weighted by molar-refractivity contribution is 5.87. The summed E-state index contributed by atoms with van der Waals surface area (Å²) >= 11 is 0. The van der Waals surface area contributed by atoms with E-state index in [0.29, 0.717) is 23.0 Å². The molecule has 0 bridgehead atoms. The molecule has 2 nitrogen and oxygen atoms in total. The normalized spacial score (nSPS) is 55.5. The monoisotopic (exact) mass is 314 g/mol. The summed E-state index contributed by atoms with van der Waals surface area (Å²) in [4.78, 5) is 12.4. The van der Waals surface area contributed by atoms with Crippen molar-refractivity contribution in [3.8, 4) is 12.3 Å². The Morgan fingerprint density at radius 2 is 1.87 bits per heavy atom. The molecule has 4 aliphatic carbocycles. The number of Topliss-reactive ketones (excluding diaryl/α,β-unsaturated/α-hetero) is 1. The number of hydrogen-bond acceptors (Lipinski definition) is 2. The minimum atomic E-state index is -0.872. The number of carbonyl (C=O) groups excluding carboxylic acids is 1. The van der Waals surface area contributed by atoms with Gasteiger partial charge in [-0.05, 0) is 80.5 Å². The molecule has 4 fully saturated rings. The van der Waals surface area contributed by atoms with Crippen LogP contribution in [0.15, 0.2) is 0 Å². The minimum Gasteiger partial charge on any atom is -0.378 e. The number of carbonyl (C=O) groups is 1. The van der Waals surface area contributed by atoms with E-state index in [2.05, 4.69) is 19.8 Å². The van der Waals surface area contributed by atoms with Crippen molar-refractivity contribution in [2.45, 2.75) is 77.2 Å². The number of rotatable bonds is 0. The Hall–Kier alpha value is -0.810. The number of fused-ring (bicyclic) bond motifs is 5. The van der Waals surface area contributed by atoms with Gasteiger partial charge in [0.05, 0.1) is 0 Å². The second kappa shape index (κ2) is 4.85. The predicted molar refractivity (Wildman–Crippen MR) is 90.5 cm³/mol. The molecule has 126 valence electrons. The highest BCUT2D eigenvalue weighted by Crippen LogP contribution is 2.66. The molecular weight excluding hydrogens is 284 g/mol. The van der Waals surface area contributed by atoms with E-state index < -0.39 is 5.60 Å². The maximum atomic E-state index is 12.4. The smallest absolute Gasteiger partial charge is 0.139 e. The molecule has 0 aromatic heterocycles. The third-order valence-electron chi connectivity index (χ3n) is 8.70. The summed E-state index contributed by atoms with van der Waals surface area (Å²) in [6, 6.07) is 0. The lowest BCUT2D eigenvalue weighted by Crippen LogP contribution is -2.55. The fraction of sp³-hybridized carbons (Fsp3) is 0.857. The second-order valence-corrected chi connectivity index (χ2v) is 9.45. The van der Waals surface area contributed by atoms with Crippen LogP contribution < -0.4 is 0 Å². The van der Waals surface area contributed by atoms with E-state index in [-0.39, 0.29) is 5.41 Å². The Morgan fingerprint density at radius 1 is 1.09 bits per heavy atom.